The molecule has 1 fully saturated rings. The van der Waals surface area contributed by atoms with E-state index in [0.717, 1.165) is 0 Å². The fourth-order valence-electron chi connectivity index (χ4n) is 2.28. The summed E-state index contributed by atoms with van der Waals surface area (Å²) in [6, 6.07) is 0. The summed E-state index contributed by atoms with van der Waals surface area (Å²) in [6.45, 7) is 7.35. The summed E-state index contributed by atoms with van der Waals surface area (Å²) in [5, 5.41) is 0. The lowest BCUT2D eigenvalue weighted by molar-refractivity contribution is -0.161. The van der Waals surface area contributed by atoms with Crippen LogP contribution in [0, 0.1) is 5.41 Å². The summed E-state index contributed by atoms with van der Waals surface area (Å²) in [7, 11) is 1.25. The number of carbonyl (C=O) groups is 3. The molecule has 0 aliphatic carbocycles. The van der Waals surface area contributed by atoms with Gasteiger partial charge in [-0.05, 0) is 27.2 Å². The Bertz CT molecular complexity index is 402. The van der Waals surface area contributed by atoms with E-state index in [1.165, 1.54) is 12.0 Å². The van der Waals surface area contributed by atoms with E-state index < -0.39 is 23.1 Å². The second kappa shape index (κ2) is 5.81. The third-order valence-corrected chi connectivity index (χ3v) is 3.43. The van der Waals surface area contributed by atoms with Gasteiger partial charge in [0.05, 0.1) is 7.11 Å². The van der Waals surface area contributed by atoms with E-state index in [4.69, 9.17) is 9.47 Å². The Balaban J connectivity index is 2.92. The van der Waals surface area contributed by atoms with Crippen LogP contribution in [0.1, 0.15) is 40.5 Å². The molecule has 0 saturated carbocycles. The van der Waals surface area contributed by atoms with Gasteiger partial charge in [-0.2, -0.15) is 0 Å². The molecule has 1 aliphatic rings. The zero-order valence-corrected chi connectivity index (χ0v) is 12.8. The molecule has 1 heterocycles. The Morgan fingerprint density at radius 2 is 1.95 bits per heavy atom. The molecule has 0 N–H and O–H groups in total. The normalized spacial score (nSPS) is 23.4. The number of hydrogen-bond acceptors (Lipinski definition) is 5. The molecule has 1 atom stereocenters. The summed E-state index contributed by atoms with van der Waals surface area (Å²) in [4.78, 5) is 37.6. The van der Waals surface area contributed by atoms with E-state index >= 15 is 0 Å². The van der Waals surface area contributed by atoms with Crippen molar-refractivity contribution >= 4 is 17.8 Å². The van der Waals surface area contributed by atoms with Crippen molar-refractivity contribution in [2.75, 3.05) is 20.2 Å². The van der Waals surface area contributed by atoms with Crippen LogP contribution < -0.4 is 0 Å². The van der Waals surface area contributed by atoms with Gasteiger partial charge in [-0.25, -0.2) is 4.79 Å². The summed E-state index contributed by atoms with van der Waals surface area (Å²) in [5.41, 5.74) is -1.87. The van der Waals surface area contributed by atoms with Gasteiger partial charge in [-0.15, -0.1) is 0 Å². The molecule has 1 saturated heterocycles. The number of esters is 1. The Morgan fingerprint density at radius 3 is 2.40 bits per heavy atom. The Morgan fingerprint density at radius 1 is 1.35 bits per heavy atom. The van der Waals surface area contributed by atoms with Gasteiger partial charge in [-0.1, -0.05) is 6.92 Å². The largest absolute Gasteiger partial charge is 0.468 e. The minimum atomic E-state index is -1.26. The average Bonchev–Trinajstić information content (AvgIpc) is 2.36. The summed E-state index contributed by atoms with van der Waals surface area (Å²) in [6.07, 6.45) is -0.0632. The predicted octanol–water partition coefficient (Wildman–Crippen LogP) is 1.77. The van der Waals surface area contributed by atoms with Gasteiger partial charge in [0.15, 0.2) is 5.78 Å². The average molecular weight is 285 g/mol. The van der Waals surface area contributed by atoms with Crippen molar-refractivity contribution in [3.05, 3.63) is 0 Å². The molecule has 0 unspecified atom stereocenters. The summed E-state index contributed by atoms with van der Waals surface area (Å²) in [5.74, 6) is -0.759. The van der Waals surface area contributed by atoms with Gasteiger partial charge in [0, 0.05) is 19.5 Å². The highest BCUT2D eigenvalue weighted by Gasteiger charge is 2.50. The standard InChI is InChI=1S/C14H23NO5/c1-6-14(11(17)19-5)9-15(8-7-10(14)16)12(18)20-13(2,3)4/h6-9H2,1-5H3/t14-/m0/s1. The lowest BCUT2D eigenvalue weighted by atomic mass is 9.76. The third-order valence-electron chi connectivity index (χ3n) is 3.43. The molecule has 114 valence electrons. The number of ether oxygens (including phenoxy) is 2. The van der Waals surface area contributed by atoms with Crippen LogP contribution in [0.25, 0.3) is 0 Å². The van der Waals surface area contributed by atoms with Gasteiger partial charge in [0.2, 0.25) is 0 Å². The van der Waals surface area contributed by atoms with E-state index in [1.54, 1.807) is 27.7 Å². The van der Waals surface area contributed by atoms with E-state index in [-0.39, 0.29) is 25.3 Å². The first-order chi connectivity index (χ1) is 9.16. The fourth-order valence-corrected chi connectivity index (χ4v) is 2.28. The SMILES string of the molecule is CC[C@]1(C(=O)OC)CN(C(=O)OC(C)(C)C)CCC1=O. The topological polar surface area (TPSA) is 72.9 Å². The molecule has 0 aromatic heterocycles. The molecule has 0 radical (unpaired) electrons. The van der Waals surface area contributed by atoms with E-state index in [2.05, 4.69) is 0 Å². The van der Waals surface area contributed by atoms with Crippen LogP contribution in [0.5, 0.6) is 0 Å². The Hall–Kier alpha value is -1.59. The maximum absolute atomic E-state index is 12.1. The monoisotopic (exact) mass is 285 g/mol. The van der Waals surface area contributed by atoms with Gasteiger partial charge in [0.1, 0.15) is 11.0 Å². The molecule has 0 bridgehead atoms. The number of piperidine rings is 1. The molecule has 6 nitrogen and oxygen atoms in total. The number of likely N-dealkylation sites (tertiary alicyclic amines) is 1. The highest BCUT2D eigenvalue weighted by atomic mass is 16.6. The smallest absolute Gasteiger partial charge is 0.410 e. The third kappa shape index (κ3) is 3.29. The molecule has 0 spiro atoms. The lowest BCUT2D eigenvalue weighted by Crippen LogP contribution is -2.56. The van der Waals surface area contributed by atoms with E-state index in [1.807, 2.05) is 0 Å². The number of amides is 1. The highest BCUT2D eigenvalue weighted by Crippen LogP contribution is 2.32. The second-order valence-electron chi connectivity index (χ2n) is 6.00. The van der Waals surface area contributed by atoms with Crippen molar-refractivity contribution in [2.24, 2.45) is 5.41 Å². The summed E-state index contributed by atoms with van der Waals surface area (Å²) >= 11 is 0. The number of nitrogens with zero attached hydrogens (tertiary/aromatic N) is 1. The molecule has 0 aromatic rings. The van der Waals surface area contributed by atoms with Crippen LogP contribution >= 0.6 is 0 Å². The first-order valence-corrected chi connectivity index (χ1v) is 6.76. The predicted molar refractivity (Wildman–Crippen MR) is 72.2 cm³/mol. The number of hydrogen-bond donors (Lipinski definition) is 0. The molecule has 1 aliphatic heterocycles. The van der Waals surface area contributed by atoms with E-state index in [0.29, 0.717) is 6.42 Å². The lowest BCUT2D eigenvalue weighted by Gasteiger charge is -2.39. The first-order valence-electron chi connectivity index (χ1n) is 6.76. The van der Waals surface area contributed by atoms with Crippen LogP contribution in [-0.4, -0.2) is 48.5 Å². The van der Waals surface area contributed by atoms with Crippen LogP contribution in [-0.2, 0) is 19.1 Å². The maximum Gasteiger partial charge on any atom is 0.410 e. The number of methoxy groups -OCH3 is 1. The first kappa shape index (κ1) is 16.5. The summed E-state index contributed by atoms with van der Waals surface area (Å²) < 4.78 is 10.0. The molecular formula is C14H23NO5. The molecule has 0 aromatic carbocycles. The molecule has 6 heteroatoms. The second-order valence-corrected chi connectivity index (χ2v) is 6.00. The van der Waals surface area contributed by atoms with Gasteiger partial charge in [-0.3, -0.25) is 9.59 Å². The minimum Gasteiger partial charge on any atom is -0.468 e. The van der Waals surface area contributed by atoms with Crippen molar-refractivity contribution in [3.8, 4) is 0 Å². The van der Waals surface area contributed by atoms with Crippen molar-refractivity contribution in [1.82, 2.24) is 4.90 Å². The highest BCUT2D eigenvalue weighted by molar-refractivity contribution is 6.05. The van der Waals surface area contributed by atoms with Gasteiger partial charge < -0.3 is 14.4 Å². The van der Waals surface area contributed by atoms with Crippen LogP contribution in [0.3, 0.4) is 0 Å². The van der Waals surface area contributed by atoms with Crippen LogP contribution in [0.2, 0.25) is 0 Å². The maximum atomic E-state index is 12.1. The minimum absolute atomic E-state index is 0.0178. The molecular weight excluding hydrogens is 262 g/mol. The van der Waals surface area contributed by atoms with Crippen molar-refractivity contribution in [3.63, 3.8) is 0 Å². The fraction of sp³-hybridized carbons (Fsp3) is 0.786. The Kier molecular flexibility index (Phi) is 4.78. The molecule has 20 heavy (non-hydrogen) atoms. The zero-order valence-electron chi connectivity index (χ0n) is 12.8. The quantitative estimate of drug-likeness (QED) is 0.571. The molecule has 1 amide bonds. The van der Waals surface area contributed by atoms with Crippen molar-refractivity contribution in [2.45, 2.75) is 46.1 Å². The van der Waals surface area contributed by atoms with Crippen molar-refractivity contribution < 1.29 is 23.9 Å². The Labute approximate surface area is 119 Å². The van der Waals surface area contributed by atoms with Gasteiger partial charge >= 0.3 is 12.1 Å². The zero-order chi connectivity index (χ0) is 15.6. The number of carbonyl (C=O) groups excluding carboxylic acids is 3. The van der Waals surface area contributed by atoms with Gasteiger partial charge in [0.25, 0.3) is 0 Å². The number of ketones is 1. The van der Waals surface area contributed by atoms with Crippen molar-refractivity contribution in [1.29, 1.82) is 0 Å². The van der Waals surface area contributed by atoms with Crippen LogP contribution in [0.4, 0.5) is 4.79 Å². The van der Waals surface area contributed by atoms with E-state index in [9.17, 15) is 14.4 Å². The number of rotatable bonds is 2. The molecule has 1 rings (SSSR count). The van der Waals surface area contributed by atoms with Crippen LogP contribution in [0.15, 0.2) is 0 Å². The number of Topliss-reactive ketones (excluding diaryl/α,β-unsaturated/α-hetero) is 1.